The molecular weight excluding hydrogens is 332 g/mol. The molecule has 0 fully saturated rings. The number of allylic oxidation sites excluding steroid dienone is 6. The Morgan fingerprint density at radius 2 is 2.25 bits per heavy atom. The predicted molar refractivity (Wildman–Crippen MR) is 40.8 cm³/mol. The van der Waals surface area contributed by atoms with Gasteiger partial charge < -0.3 is 4.79 Å². The average molecular weight is 338 g/mol. The first-order valence-corrected chi connectivity index (χ1v) is 2.95. The van der Waals surface area contributed by atoms with Crippen LogP contribution in [0.2, 0.25) is 0 Å². The Hall–Kier alpha value is -0.971. The second-order valence-electron chi connectivity index (χ2n) is 1.51. The third-order valence-corrected chi connectivity index (χ3v) is 0.776. The fourth-order valence-electron chi connectivity index (χ4n) is 0.399. The van der Waals surface area contributed by atoms with Crippen LogP contribution in [-0.4, -0.2) is 11.9 Å². The van der Waals surface area contributed by atoms with Crippen LogP contribution in [0.5, 0.6) is 0 Å². The van der Waals surface area contributed by atoms with Gasteiger partial charge in [0.05, 0.1) is 0 Å². The molecule has 0 spiro atoms. The van der Waals surface area contributed by atoms with Crippen molar-refractivity contribution < 1.29 is 29.7 Å². The van der Waals surface area contributed by atoms with Crippen molar-refractivity contribution in [3.8, 4) is 0 Å². The zero-order valence-electron chi connectivity index (χ0n) is 6.17. The molecule has 2 nitrogen and oxygen atoms in total. The van der Waals surface area contributed by atoms with Crippen molar-refractivity contribution in [1.29, 1.82) is 0 Å². The molecule has 0 atom stereocenters. The Kier molecular flexibility index (Phi) is 14.4. The van der Waals surface area contributed by atoms with Gasteiger partial charge in [-0.3, -0.25) is 10.9 Å². The zero-order valence-corrected chi connectivity index (χ0v) is 8.56. The van der Waals surface area contributed by atoms with Gasteiger partial charge in [0.25, 0.3) is 0 Å². The van der Waals surface area contributed by atoms with Crippen LogP contribution in [0.25, 0.3) is 0 Å². The van der Waals surface area contributed by atoms with Gasteiger partial charge in [0, 0.05) is 26.0 Å². The van der Waals surface area contributed by atoms with E-state index in [1.54, 1.807) is 0 Å². The molecule has 1 radical (unpaired) electrons. The molecule has 0 unspecified atom stereocenters. The third kappa shape index (κ3) is 11.8. The monoisotopic (exact) mass is 339 g/mol. The zero-order chi connectivity index (χ0) is 8.36. The van der Waals surface area contributed by atoms with Gasteiger partial charge in [-0.2, -0.15) is 12.2 Å². The van der Waals surface area contributed by atoms with Crippen LogP contribution in [0.3, 0.4) is 0 Å². The fraction of sp³-hybridized carbons (Fsp3) is 0.111. The summed E-state index contributed by atoms with van der Waals surface area (Å²) in [6.07, 6.45) is 12.7. The molecule has 0 saturated heterocycles. The summed E-state index contributed by atoms with van der Waals surface area (Å²) in [6.45, 7) is 0. The number of rotatable bonds is 1. The van der Waals surface area contributed by atoms with Crippen LogP contribution in [-0.2, 0) is 29.7 Å². The molecule has 0 saturated carbocycles. The number of carbonyl (C=O) groups excluding carboxylic acids is 2. The minimum atomic E-state index is 0. The van der Waals surface area contributed by atoms with E-state index < -0.39 is 0 Å². The van der Waals surface area contributed by atoms with Gasteiger partial charge in [-0.1, -0.05) is 0 Å². The predicted octanol–water partition coefficient (Wildman–Crippen LogP) is 0.868. The van der Waals surface area contributed by atoms with Gasteiger partial charge in [-0.05, 0) is 0 Å². The van der Waals surface area contributed by atoms with E-state index in [1.165, 1.54) is 11.9 Å². The van der Waals surface area contributed by atoms with Crippen molar-refractivity contribution in [3.63, 3.8) is 0 Å². The molecule has 0 aromatic rings. The van der Waals surface area contributed by atoms with E-state index in [9.17, 15) is 0 Å². The summed E-state index contributed by atoms with van der Waals surface area (Å²) in [6, 6.07) is 0. The van der Waals surface area contributed by atoms with Crippen molar-refractivity contribution in [1.82, 2.24) is 0 Å². The van der Waals surface area contributed by atoms with Crippen LogP contribution in [0.15, 0.2) is 24.3 Å². The number of hydrogen-bond acceptors (Lipinski definition) is 2. The summed E-state index contributed by atoms with van der Waals surface area (Å²) in [5.41, 5.74) is 0. The maximum Gasteiger partial charge on any atom is 0.0146 e. The molecule has 12 heavy (non-hydrogen) atoms. The van der Waals surface area contributed by atoms with Crippen molar-refractivity contribution in [2.45, 2.75) is 6.42 Å². The molecule has 65 valence electrons. The Morgan fingerprint density at radius 3 is 2.42 bits per heavy atom. The average Bonchev–Trinajstić information content (AvgIpc) is 2.57. The first-order chi connectivity index (χ1) is 5.41. The van der Waals surface area contributed by atoms with E-state index >= 15 is 0 Å². The molecule has 1 aliphatic carbocycles. The summed E-state index contributed by atoms with van der Waals surface area (Å²) in [4.78, 5) is 18.3. The van der Waals surface area contributed by atoms with E-state index in [0.29, 0.717) is 0 Å². The van der Waals surface area contributed by atoms with Crippen molar-refractivity contribution in [3.05, 3.63) is 36.5 Å². The standard InChI is InChI=1S/C5H5.C4HO2.Ir/c1-2-4-5-3-1;5-3-1-2-4-6;/h1-3H,4H2;1H;/q2*-1;. The minimum Gasteiger partial charge on any atom is -0.365 e. The topological polar surface area (TPSA) is 34.1 Å². The van der Waals surface area contributed by atoms with Gasteiger partial charge in [0.1, 0.15) is 0 Å². The Labute approximate surface area is 84.7 Å². The third-order valence-electron chi connectivity index (χ3n) is 0.776. The van der Waals surface area contributed by atoms with Crippen LogP contribution in [0.4, 0.5) is 0 Å². The summed E-state index contributed by atoms with van der Waals surface area (Å²) < 4.78 is 0. The smallest absolute Gasteiger partial charge is 0.0146 e. The van der Waals surface area contributed by atoms with Gasteiger partial charge in [0.15, 0.2) is 0 Å². The Balaban J connectivity index is 0. The molecule has 0 amide bonds. The Morgan fingerprint density at radius 1 is 1.50 bits per heavy atom. The maximum absolute atomic E-state index is 9.14. The SMILES string of the molecule is O=C=[C-]C=C=O.[C-]1=CC=CC1.[Ir]. The van der Waals surface area contributed by atoms with Gasteiger partial charge in [-0.15, -0.1) is 18.4 Å². The molecule has 0 bridgehead atoms. The normalized spacial score (nSPS) is 9.67. The molecule has 1 rings (SSSR count). The number of hydrogen-bond donors (Lipinski definition) is 0. The minimum absolute atomic E-state index is 0. The van der Waals surface area contributed by atoms with Crippen molar-refractivity contribution >= 4 is 11.9 Å². The van der Waals surface area contributed by atoms with E-state index in [2.05, 4.69) is 12.2 Å². The fourth-order valence-corrected chi connectivity index (χ4v) is 0.399. The largest absolute Gasteiger partial charge is 0.365 e. The van der Waals surface area contributed by atoms with E-state index in [-0.39, 0.29) is 20.1 Å². The van der Waals surface area contributed by atoms with Crippen LogP contribution >= 0.6 is 0 Å². The molecule has 0 aliphatic heterocycles. The van der Waals surface area contributed by atoms with E-state index in [4.69, 9.17) is 9.59 Å². The van der Waals surface area contributed by atoms with Crippen LogP contribution in [0, 0.1) is 12.2 Å². The molecule has 0 aromatic heterocycles. The second-order valence-corrected chi connectivity index (χ2v) is 1.51. The molecule has 3 heteroatoms. The molecule has 0 aromatic carbocycles. The first kappa shape index (κ1) is 13.6. The van der Waals surface area contributed by atoms with Crippen LogP contribution < -0.4 is 0 Å². The Bertz CT molecular complexity index is 215. The summed E-state index contributed by atoms with van der Waals surface area (Å²) in [5.74, 6) is 2.57. The maximum atomic E-state index is 9.14. The van der Waals surface area contributed by atoms with Gasteiger partial charge in [-0.25, -0.2) is 12.2 Å². The second kappa shape index (κ2) is 12.7. The van der Waals surface area contributed by atoms with Crippen LogP contribution in [0.1, 0.15) is 6.42 Å². The van der Waals surface area contributed by atoms with E-state index in [1.807, 2.05) is 18.2 Å². The van der Waals surface area contributed by atoms with Crippen molar-refractivity contribution in [2.24, 2.45) is 0 Å². The van der Waals surface area contributed by atoms with E-state index in [0.717, 1.165) is 12.5 Å². The molecule has 0 N–H and O–H groups in total. The van der Waals surface area contributed by atoms with Gasteiger partial charge in [0.2, 0.25) is 0 Å². The summed E-state index contributed by atoms with van der Waals surface area (Å²) >= 11 is 0. The summed E-state index contributed by atoms with van der Waals surface area (Å²) in [5, 5.41) is 0. The first-order valence-electron chi connectivity index (χ1n) is 2.95. The molecule has 1 aliphatic rings. The molecular formula is C9H6IrO2-2. The summed E-state index contributed by atoms with van der Waals surface area (Å²) in [7, 11) is 0. The molecule has 0 heterocycles. The van der Waals surface area contributed by atoms with Gasteiger partial charge >= 0.3 is 0 Å². The van der Waals surface area contributed by atoms with Crippen molar-refractivity contribution in [2.75, 3.05) is 0 Å². The quantitative estimate of drug-likeness (QED) is 0.404.